The molecule has 2 aromatic rings. The second-order valence-electron chi connectivity index (χ2n) is 9.01. The molecule has 4 bridgehead atoms. The lowest BCUT2D eigenvalue weighted by Crippen LogP contribution is -2.48. The average Bonchev–Trinajstić information content (AvgIpc) is 3.10. The van der Waals surface area contributed by atoms with Crippen LogP contribution >= 0.6 is 11.3 Å². The van der Waals surface area contributed by atoms with Crippen molar-refractivity contribution in [3.63, 3.8) is 0 Å². The number of hydrogen-bond donors (Lipinski definition) is 1. The molecule has 1 N–H and O–H groups in total. The van der Waals surface area contributed by atoms with Gasteiger partial charge < -0.3 is 4.90 Å². The third-order valence-electron chi connectivity index (χ3n) is 6.78. The number of hydrogen-bond acceptors (Lipinski definition) is 5. The summed E-state index contributed by atoms with van der Waals surface area (Å²) in [6.07, 6.45) is 8.08. The number of aromatic nitrogens is 2. The van der Waals surface area contributed by atoms with E-state index in [9.17, 15) is 4.79 Å². The lowest BCUT2D eigenvalue weighted by atomic mass is 9.50. The molecule has 4 fully saturated rings. The molecule has 4 saturated carbocycles. The van der Waals surface area contributed by atoms with Crippen LogP contribution in [0.4, 0.5) is 10.8 Å². The molecule has 27 heavy (non-hydrogen) atoms. The summed E-state index contributed by atoms with van der Waals surface area (Å²) >= 11 is 1.59. The Kier molecular flexibility index (Phi) is 4.00. The van der Waals surface area contributed by atoms with Crippen molar-refractivity contribution < 1.29 is 4.79 Å². The molecular formula is C21H26N4OS. The quantitative estimate of drug-likeness (QED) is 0.855. The Balaban J connectivity index is 1.32. The van der Waals surface area contributed by atoms with Crippen LogP contribution < -0.4 is 10.2 Å². The Hall–Kier alpha value is -1.95. The predicted molar refractivity (Wildman–Crippen MR) is 108 cm³/mol. The minimum Gasteiger partial charge on any atom is -0.378 e. The van der Waals surface area contributed by atoms with Gasteiger partial charge in [-0.15, -0.1) is 10.2 Å². The van der Waals surface area contributed by atoms with Crippen LogP contribution in [0.15, 0.2) is 24.3 Å². The van der Waals surface area contributed by atoms with Gasteiger partial charge in [-0.3, -0.25) is 10.1 Å². The lowest BCUT2D eigenvalue weighted by Gasteiger charge is -2.55. The molecule has 4 aliphatic carbocycles. The number of nitrogens with zero attached hydrogens (tertiary/aromatic N) is 3. The van der Waals surface area contributed by atoms with Crippen molar-refractivity contribution in [1.29, 1.82) is 0 Å². The first-order valence-corrected chi connectivity index (χ1v) is 10.8. The summed E-state index contributed by atoms with van der Waals surface area (Å²) in [6.45, 7) is 0. The van der Waals surface area contributed by atoms with Crippen molar-refractivity contribution >= 4 is 28.1 Å². The average molecular weight is 383 g/mol. The van der Waals surface area contributed by atoms with Crippen molar-refractivity contribution in [2.24, 2.45) is 17.8 Å². The molecular weight excluding hydrogens is 356 g/mol. The molecule has 1 aromatic carbocycles. The van der Waals surface area contributed by atoms with Crippen LogP contribution in [0.2, 0.25) is 0 Å². The van der Waals surface area contributed by atoms with E-state index >= 15 is 0 Å². The second-order valence-corrected chi connectivity index (χ2v) is 9.98. The molecule has 0 unspecified atom stereocenters. The number of carbonyl (C=O) groups excluding carboxylic acids is 1. The molecule has 4 aliphatic rings. The van der Waals surface area contributed by atoms with Gasteiger partial charge in [-0.05, 0) is 80.5 Å². The number of rotatable bonds is 4. The van der Waals surface area contributed by atoms with Gasteiger partial charge in [-0.25, -0.2) is 0 Å². The molecule has 6 heteroatoms. The van der Waals surface area contributed by atoms with Crippen molar-refractivity contribution in [2.75, 3.05) is 24.3 Å². The number of anilines is 2. The highest BCUT2D eigenvalue weighted by atomic mass is 32.1. The Bertz CT molecular complexity index is 822. The van der Waals surface area contributed by atoms with Gasteiger partial charge in [0.2, 0.25) is 5.13 Å². The topological polar surface area (TPSA) is 58.1 Å². The Morgan fingerprint density at radius 3 is 2.19 bits per heavy atom. The number of amides is 1. The summed E-state index contributed by atoms with van der Waals surface area (Å²) < 4.78 is 0. The zero-order valence-corrected chi connectivity index (χ0v) is 16.8. The summed E-state index contributed by atoms with van der Waals surface area (Å²) in [5.41, 5.74) is 1.96. The Morgan fingerprint density at radius 2 is 1.63 bits per heavy atom. The van der Waals surface area contributed by atoms with E-state index in [1.54, 1.807) is 11.3 Å². The largest absolute Gasteiger partial charge is 0.378 e. The van der Waals surface area contributed by atoms with Gasteiger partial charge in [0.15, 0.2) is 0 Å². The fourth-order valence-corrected chi connectivity index (χ4v) is 6.90. The maximum Gasteiger partial charge on any atom is 0.257 e. The molecule has 142 valence electrons. The first-order valence-electron chi connectivity index (χ1n) is 9.93. The van der Waals surface area contributed by atoms with Gasteiger partial charge in [0.25, 0.3) is 5.91 Å². The summed E-state index contributed by atoms with van der Waals surface area (Å²) in [4.78, 5) is 14.6. The summed E-state index contributed by atoms with van der Waals surface area (Å²) in [5, 5.41) is 13.6. The molecule has 1 amide bonds. The Morgan fingerprint density at radius 1 is 1.04 bits per heavy atom. The van der Waals surface area contributed by atoms with Crippen LogP contribution in [0.3, 0.4) is 0 Å². The molecule has 0 radical (unpaired) electrons. The molecule has 0 aliphatic heterocycles. The fourth-order valence-electron chi connectivity index (χ4n) is 5.94. The maximum atomic E-state index is 12.6. The van der Waals surface area contributed by atoms with Gasteiger partial charge in [0.1, 0.15) is 5.01 Å². The highest BCUT2D eigenvalue weighted by Gasteiger charge is 2.53. The van der Waals surface area contributed by atoms with Crippen molar-refractivity contribution in [3.8, 4) is 0 Å². The monoisotopic (exact) mass is 382 g/mol. The summed E-state index contributed by atoms with van der Waals surface area (Å²) in [7, 11) is 3.98. The van der Waals surface area contributed by atoms with E-state index in [1.165, 1.54) is 38.5 Å². The summed E-state index contributed by atoms with van der Waals surface area (Å²) in [5.74, 6) is 2.53. The van der Waals surface area contributed by atoms with E-state index in [4.69, 9.17) is 0 Å². The highest BCUT2D eigenvalue weighted by Crippen LogP contribution is 2.61. The van der Waals surface area contributed by atoms with Crippen LogP contribution in [0.25, 0.3) is 0 Å². The van der Waals surface area contributed by atoms with Gasteiger partial charge in [0.05, 0.1) is 0 Å². The minimum absolute atomic E-state index is 0.117. The van der Waals surface area contributed by atoms with E-state index in [0.717, 1.165) is 28.4 Å². The molecule has 0 atom stereocenters. The third-order valence-corrected chi connectivity index (χ3v) is 7.87. The molecule has 0 spiro atoms. The third kappa shape index (κ3) is 3.04. The van der Waals surface area contributed by atoms with E-state index in [1.807, 2.05) is 43.3 Å². The van der Waals surface area contributed by atoms with Gasteiger partial charge >= 0.3 is 0 Å². The van der Waals surface area contributed by atoms with Crippen molar-refractivity contribution in [2.45, 2.75) is 43.9 Å². The fraction of sp³-hybridized carbons (Fsp3) is 0.571. The normalized spacial score (nSPS) is 31.1. The smallest absolute Gasteiger partial charge is 0.257 e. The van der Waals surface area contributed by atoms with Crippen LogP contribution in [0, 0.1) is 17.8 Å². The van der Waals surface area contributed by atoms with Crippen molar-refractivity contribution in [3.05, 3.63) is 34.8 Å². The van der Waals surface area contributed by atoms with E-state index < -0.39 is 0 Å². The SMILES string of the molecule is CN(C)c1ccc(C(=O)Nc2nnc(C34CC5CC(CC(C5)C3)C4)s2)cc1. The van der Waals surface area contributed by atoms with Gasteiger partial charge in [0, 0.05) is 30.8 Å². The van der Waals surface area contributed by atoms with Crippen LogP contribution in [0.5, 0.6) is 0 Å². The van der Waals surface area contributed by atoms with Crippen molar-refractivity contribution in [1.82, 2.24) is 10.2 Å². The zero-order valence-electron chi connectivity index (χ0n) is 15.9. The molecule has 0 saturated heterocycles. The van der Waals surface area contributed by atoms with Crippen LogP contribution in [-0.2, 0) is 5.41 Å². The van der Waals surface area contributed by atoms with Gasteiger partial charge in [-0.1, -0.05) is 11.3 Å². The number of carbonyl (C=O) groups is 1. The second kappa shape index (κ2) is 6.30. The first kappa shape index (κ1) is 17.2. The Labute approximate surface area is 164 Å². The lowest BCUT2D eigenvalue weighted by molar-refractivity contribution is -0.00555. The molecule has 1 heterocycles. The molecule has 1 aromatic heterocycles. The standard InChI is InChI=1S/C21H26N4OS/c1-25(2)17-5-3-16(4-6-17)18(26)22-20-24-23-19(27-20)21-10-13-7-14(11-21)9-15(8-13)12-21/h3-6,13-15H,7-12H2,1-2H3,(H,22,24,26). The van der Waals surface area contributed by atoms with E-state index in [2.05, 4.69) is 15.5 Å². The van der Waals surface area contributed by atoms with Gasteiger partial charge in [-0.2, -0.15) is 0 Å². The minimum atomic E-state index is -0.117. The maximum absolute atomic E-state index is 12.6. The zero-order chi connectivity index (χ0) is 18.6. The summed E-state index contributed by atoms with van der Waals surface area (Å²) in [6, 6.07) is 7.61. The molecule has 5 nitrogen and oxygen atoms in total. The predicted octanol–water partition coefficient (Wildman–Crippen LogP) is 4.32. The number of benzene rings is 1. The van der Waals surface area contributed by atoms with Crippen LogP contribution in [0.1, 0.15) is 53.9 Å². The van der Waals surface area contributed by atoms with Crippen LogP contribution in [-0.4, -0.2) is 30.2 Å². The van der Waals surface area contributed by atoms with E-state index in [0.29, 0.717) is 10.7 Å². The first-order chi connectivity index (χ1) is 13.0. The molecule has 6 rings (SSSR count). The highest BCUT2D eigenvalue weighted by molar-refractivity contribution is 7.15. The number of nitrogens with one attached hydrogen (secondary N) is 1. The van der Waals surface area contributed by atoms with E-state index in [-0.39, 0.29) is 11.3 Å².